The topological polar surface area (TPSA) is 69.0 Å². The first kappa shape index (κ1) is 15.5. The molecule has 0 saturated heterocycles. The van der Waals surface area contributed by atoms with E-state index >= 15 is 0 Å². The van der Waals surface area contributed by atoms with Gasteiger partial charge in [-0.3, -0.25) is 9.78 Å². The summed E-state index contributed by atoms with van der Waals surface area (Å²) in [5.41, 5.74) is 1.23. The summed E-state index contributed by atoms with van der Waals surface area (Å²) in [5, 5.41) is 7.40. The van der Waals surface area contributed by atoms with Crippen LogP contribution in [-0.4, -0.2) is 28.5 Å². The predicted molar refractivity (Wildman–Crippen MR) is 81.7 cm³/mol. The van der Waals surface area contributed by atoms with Gasteiger partial charge in [-0.15, -0.1) is 0 Å². The Morgan fingerprint density at radius 2 is 2.14 bits per heavy atom. The fourth-order valence-electron chi connectivity index (χ4n) is 1.87. The summed E-state index contributed by atoms with van der Waals surface area (Å²) in [6.45, 7) is 2.75. The molecule has 21 heavy (non-hydrogen) atoms. The van der Waals surface area contributed by atoms with Crippen LogP contribution in [-0.2, 0) is 11.3 Å². The molecule has 2 aromatic rings. The van der Waals surface area contributed by atoms with Gasteiger partial charge in [0.25, 0.3) is 5.56 Å². The molecule has 112 valence electrons. The average molecular weight is 309 g/mol. The van der Waals surface area contributed by atoms with Crippen LogP contribution in [0.15, 0.2) is 35.5 Å². The monoisotopic (exact) mass is 308 g/mol. The Hall–Kier alpha value is -1.92. The highest BCUT2D eigenvalue weighted by Crippen LogP contribution is 2.22. The van der Waals surface area contributed by atoms with E-state index < -0.39 is 0 Å². The van der Waals surface area contributed by atoms with Crippen LogP contribution in [0.25, 0.3) is 0 Å². The van der Waals surface area contributed by atoms with Gasteiger partial charge >= 0.3 is 0 Å². The Morgan fingerprint density at radius 1 is 1.43 bits per heavy atom. The van der Waals surface area contributed by atoms with E-state index in [0.29, 0.717) is 18.8 Å². The minimum absolute atomic E-state index is 0.0125. The van der Waals surface area contributed by atoms with Crippen LogP contribution in [0.4, 0.5) is 5.69 Å². The molecule has 1 N–H and O–H groups in total. The summed E-state index contributed by atoms with van der Waals surface area (Å²) < 4.78 is 6.21. The van der Waals surface area contributed by atoms with Crippen molar-refractivity contribution in [3.8, 4) is 0 Å². The predicted octanol–water partition coefficient (Wildman–Crippen LogP) is 2.11. The number of aromatic nitrogens is 3. The maximum absolute atomic E-state index is 12.1. The Bertz CT molecular complexity index is 645. The van der Waals surface area contributed by atoms with Crippen molar-refractivity contribution in [1.82, 2.24) is 14.8 Å². The number of anilines is 1. The minimum atomic E-state index is -0.333. The van der Waals surface area contributed by atoms with Gasteiger partial charge < -0.3 is 10.1 Å². The van der Waals surface area contributed by atoms with E-state index in [4.69, 9.17) is 16.3 Å². The standard InChI is InChI=1S/C14H17ClN4O2/c1-10(11-3-5-16-6-4-11)18-12-9-17-19(7-8-21-2)14(20)13(12)15/h3-6,9-10,18H,7-8H2,1-2H3. The molecular weight excluding hydrogens is 292 g/mol. The number of nitrogens with one attached hydrogen (secondary N) is 1. The molecule has 0 aliphatic rings. The molecule has 0 aromatic carbocycles. The lowest BCUT2D eigenvalue weighted by atomic mass is 10.1. The van der Waals surface area contributed by atoms with E-state index in [1.54, 1.807) is 25.7 Å². The third-order valence-corrected chi connectivity index (χ3v) is 3.44. The second-order valence-corrected chi connectivity index (χ2v) is 4.92. The van der Waals surface area contributed by atoms with Crippen LogP contribution in [0.1, 0.15) is 18.5 Å². The fourth-order valence-corrected chi connectivity index (χ4v) is 2.07. The Kier molecular flexibility index (Phi) is 5.30. The molecule has 0 spiro atoms. The maximum atomic E-state index is 12.1. The van der Waals surface area contributed by atoms with Crippen LogP contribution in [0.2, 0.25) is 5.02 Å². The van der Waals surface area contributed by atoms with Gasteiger partial charge in [0.2, 0.25) is 0 Å². The van der Waals surface area contributed by atoms with E-state index in [9.17, 15) is 4.79 Å². The fraction of sp³-hybridized carbons (Fsp3) is 0.357. The van der Waals surface area contributed by atoms with Crippen LogP contribution in [0.3, 0.4) is 0 Å². The van der Waals surface area contributed by atoms with E-state index in [2.05, 4.69) is 15.4 Å². The van der Waals surface area contributed by atoms with Gasteiger partial charge in [-0.2, -0.15) is 5.10 Å². The number of methoxy groups -OCH3 is 1. The molecule has 1 unspecified atom stereocenters. The average Bonchev–Trinajstić information content (AvgIpc) is 2.52. The molecule has 2 rings (SSSR count). The number of halogens is 1. The van der Waals surface area contributed by atoms with Gasteiger partial charge in [0.05, 0.1) is 25.0 Å². The number of hydrogen-bond acceptors (Lipinski definition) is 5. The van der Waals surface area contributed by atoms with Crippen LogP contribution in [0, 0.1) is 0 Å². The normalized spacial score (nSPS) is 12.1. The Balaban J connectivity index is 2.18. The zero-order chi connectivity index (χ0) is 15.2. The summed E-state index contributed by atoms with van der Waals surface area (Å²) in [6.07, 6.45) is 4.99. The zero-order valence-electron chi connectivity index (χ0n) is 11.9. The molecule has 0 amide bonds. The SMILES string of the molecule is COCCn1ncc(NC(C)c2ccncc2)c(Cl)c1=O. The molecule has 0 aliphatic carbocycles. The quantitative estimate of drug-likeness (QED) is 0.885. The Labute approximate surface area is 127 Å². The summed E-state index contributed by atoms with van der Waals surface area (Å²) in [4.78, 5) is 16.1. The first-order valence-electron chi connectivity index (χ1n) is 6.54. The van der Waals surface area contributed by atoms with E-state index in [-0.39, 0.29) is 16.6 Å². The largest absolute Gasteiger partial charge is 0.383 e. The van der Waals surface area contributed by atoms with Gasteiger partial charge in [-0.1, -0.05) is 11.6 Å². The van der Waals surface area contributed by atoms with Gasteiger partial charge in [0, 0.05) is 25.5 Å². The maximum Gasteiger partial charge on any atom is 0.287 e. The Morgan fingerprint density at radius 3 is 2.81 bits per heavy atom. The minimum Gasteiger partial charge on any atom is -0.383 e. The highest BCUT2D eigenvalue weighted by Gasteiger charge is 2.12. The molecule has 6 nitrogen and oxygen atoms in total. The van der Waals surface area contributed by atoms with Crippen molar-refractivity contribution >= 4 is 17.3 Å². The first-order valence-corrected chi connectivity index (χ1v) is 6.92. The van der Waals surface area contributed by atoms with Gasteiger partial charge in [-0.25, -0.2) is 4.68 Å². The lowest BCUT2D eigenvalue weighted by Crippen LogP contribution is -2.26. The van der Waals surface area contributed by atoms with Gasteiger partial charge in [-0.05, 0) is 24.6 Å². The lowest BCUT2D eigenvalue weighted by molar-refractivity contribution is 0.182. The first-order chi connectivity index (χ1) is 10.1. The van der Waals surface area contributed by atoms with Crippen molar-refractivity contribution in [2.45, 2.75) is 19.5 Å². The van der Waals surface area contributed by atoms with Gasteiger partial charge in [0.15, 0.2) is 0 Å². The number of hydrogen-bond donors (Lipinski definition) is 1. The van der Waals surface area contributed by atoms with Crippen LogP contribution in [0.5, 0.6) is 0 Å². The van der Waals surface area contributed by atoms with E-state index in [0.717, 1.165) is 5.56 Å². The van der Waals surface area contributed by atoms with Crippen LogP contribution < -0.4 is 10.9 Å². The molecule has 1 atom stereocenters. The molecule has 0 bridgehead atoms. The van der Waals surface area contributed by atoms with Crippen molar-refractivity contribution in [1.29, 1.82) is 0 Å². The highest BCUT2D eigenvalue weighted by atomic mass is 35.5. The molecule has 0 fully saturated rings. The molecular formula is C14H17ClN4O2. The van der Waals surface area contributed by atoms with Crippen molar-refractivity contribution in [3.63, 3.8) is 0 Å². The zero-order valence-corrected chi connectivity index (χ0v) is 12.7. The summed E-state index contributed by atoms with van der Waals surface area (Å²) >= 11 is 6.12. The number of ether oxygens (including phenoxy) is 1. The summed E-state index contributed by atoms with van der Waals surface area (Å²) in [7, 11) is 1.57. The van der Waals surface area contributed by atoms with E-state index in [1.807, 2.05) is 19.1 Å². The smallest absolute Gasteiger partial charge is 0.287 e. The molecule has 7 heteroatoms. The van der Waals surface area contributed by atoms with E-state index in [1.165, 1.54) is 4.68 Å². The molecule has 0 aliphatic heterocycles. The van der Waals surface area contributed by atoms with Crippen molar-refractivity contribution in [3.05, 3.63) is 51.7 Å². The van der Waals surface area contributed by atoms with Crippen molar-refractivity contribution < 1.29 is 4.74 Å². The van der Waals surface area contributed by atoms with Crippen LogP contribution >= 0.6 is 11.6 Å². The molecule has 2 heterocycles. The second kappa shape index (κ2) is 7.19. The van der Waals surface area contributed by atoms with Crippen molar-refractivity contribution in [2.24, 2.45) is 0 Å². The summed E-state index contributed by atoms with van der Waals surface area (Å²) in [6, 6.07) is 3.79. The number of pyridine rings is 1. The molecule has 2 aromatic heterocycles. The number of rotatable bonds is 6. The highest BCUT2D eigenvalue weighted by molar-refractivity contribution is 6.32. The van der Waals surface area contributed by atoms with Gasteiger partial charge in [0.1, 0.15) is 5.02 Å². The second-order valence-electron chi connectivity index (χ2n) is 4.54. The summed E-state index contributed by atoms with van der Waals surface area (Å²) in [5.74, 6) is 0. The van der Waals surface area contributed by atoms with Crippen molar-refractivity contribution in [2.75, 3.05) is 19.0 Å². The lowest BCUT2D eigenvalue weighted by Gasteiger charge is -2.16. The number of nitrogens with zero attached hydrogens (tertiary/aromatic N) is 3. The third kappa shape index (κ3) is 3.80. The molecule has 0 saturated carbocycles. The third-order valence-electron chi connectivity index (χ3n) is 3.07. The molecule has 0 radical (unpaired) electrons.